The first-order valence-corrected chi connectivity index (χ1v) is 7.80. The number of nitrogens with zero attached hydrogens (tertiary/aromatic N) is 1. The lowest BCUT2D eigenvalue weighted by Crippen LogP contribution is -2.12. The molecule has 5 nitrogen and oxygen atoms in total. The van der Waals surface area contributed by atoms with Gasteiger partial charge in [-0.15, -0.1) is 0 Å². The minimum Gasteiger partial charge on any atom is -0.388 e. The molecule has 2 aromatic carbocycles. The Kier molecular flexibility index (Phi) is 4.45. The van der Waals surface area contributed by atoms with E-state index in [9.17, 15) is 8.42 Å². The van der Waals surface area contributed by atoms with Crippen LogP contribution >= 0.6 is 0 Å². The van der Waals surface area contributed by atoms with Crippen molar-refractivity contribution in [3.8, 4) is 6.07 Å². The SMILES string of the molecule is CNc1ccc(NS(=O)(=O)c2ccc(CC#N)cc2)cc1. The van der Waals surface area contributed by atoms with E-state index < -0.39 is 10.0 Å². The zero-order chi connectivity index (χ0) is 15.3. The average molecular weight is 301 g/mol. The molecule has 0 fully saturated rings. The monoisotopic (exact) mass is 301 g/mol. The van der Waals surface area contributed by atoms with E-state index in [0.29, 0.717) is 5.69 Å². The predicted molar refractivity (Wildman–Crippen MR) is 82.6 cm³/mol. The third-order valence-corrected chi connectivity index (χ3v) is 4.34. The summed E-state index contributed by atoms with van der Waals surface area (Å²) in [5.41, 5.74) is 2.18. The minimum atomic E-state index is -3.62. The lowest BCUT2D eigenvalue weighted by molar-refractivity contribution is 0.601. The summed E-state index contributed by atoms with van der Waals surface area (Å²) in [6.45, 7) is 0. The summed E-state index contributed by atoms with van der Waals surface area (Å²) in [4.78, 5) is 0.168. The third-order valence-electron chi connectivity index (χ3n) is 2.94. The molecule has 0 heterocycles. The largest absolute Gasteiger partial charge is 0.388 e. The lowest BCUT2D eigenvalue weighted by atomic mass is 10.2. The Labute approximate surface area is 124 Å². The molecule has 0 amide bonds. The molecule has 0 saturated heterocycles. The highest BCUT2D eigenvalue weighted by atomic mass is 32.2. The van der Waals surface area contributed by atoms with Crippen LogP contribution < -0.4 is 10.0 Å². The van der Waals surface area contributed by atoms with E-state index in [4.69, 9.17) is 5.26 Å². The van der Waals surface area contributed by atoms with Gasteiger partial charge in [-0.2, -0.15) is 5.26 Å². The Hall–Kier alpha value is -2.52. The number of benzene rings is 2. The van der Waals surface area contributed by atoms with E-state index in [1.165, 1.54) is 12.1 Å². The number of anilines is 2. The van der Waals surface area contributed by atoms with Crippen LogP contribution in [0.15, 0.2) is 53.4 Å². The van der Waals surface area contributed by atoms with Crippen LogP contribution in [-0.4, -0.2) is 15.5 Å². The molecule has 0 aliphatic heterocycles. The Balaban J connectivity index is 2.19. The van der Waals surface area contributed by atoms with Gasteiger partial charge in [0.05, 0.1) is 17.4 Å². The molecule has 0 unspecified atom stereocenters. The van der Waals surface area contributed by atoms with Gasteiger partial charge in [-0.25, -0.2) is 8.42 Å². The molecule has 0 aliphatic rings. The Morgan fingerprint density at radius 2 is 1.57 bits per heavy atom. The van der Waals surface area contributed by atoms with Gasteiger partial charge in [-0.1, -0.05) is 12.1 Å². The van der Waals surface area contributed by atoms with Crippen LogP contribution in [0.5, 0.6) is 0 Å². The molecular formula is C15H15N3O2S. The molecule has 0 aromatic heterocycles. The van der Waals surface area contributed by atoms with Gasteiger partial charge in [0.2, 0.25) is 0 Å². The van der Waals surface area contributed by atoms with Crippen molar-refractivity contribution in [1.82, 2.24) is 0 Å². The van der Waals surface area contributed by atoms with Crippen molar-refractivity contribution >= 4 is 21.4 Å². The van der Waals surface area contributed by atoms with Crippen molar-refractivity contribution < 1.29 is 8.42 Å². The maximum Gasteiger partial charge on any atom is 0.261 e. The summed E-state index contributed by atoms with van der Waals surface area (Å²) in [5, 5.41) is 11.6. The first-order chi connectivity index (χ1) is 10.0. The van der Waals surface area contributed by atoms with Gasteiger partial charge >= 0.3 is 0 Å². The fourth-order valence-corrected chi connectivity index (χ4v) is 2.86. The first-order valence-electron chi connectivity index (χ1n) is 6.32. The maximum absolute atomic E-state index is 12.2. The second-order valence-corrected chi connectivity index (χ2v) is 6.09. The van der Waals surface area contributed by atoms with Crippen molar-refractivity contribution in [3.05, 3.63) is 54.1 Å². The number of nitriles is 1. The lowest BCUT2D eigenvalue weighted by Gasteiger charge is -2.09. The van der Waals surface area contributed by atoms with E-state index in [-0.39, 0.29) is 11.3 Å². The summed E-state index contributed by atoms with van der Waals surface area (Å²) < 4.78 is 27.0. The molecule has 0 saturated carbocycles. The molecule has 21 heavy (non-hydrogen) atoms. The first kappa shape index (κ1) is 14.9. The van der Waals surface area contributed by atoms with Crippen LogP contribution in [0.1, 0.15) is 5.56 Å². The highest BCUT2D eigenvalue weighted by molar-refractivity contribution is 7.92. The fraction of sp³-hybridized carbons (Fsp3) is 0.133. The molecule has 0 bridgehead atoms. The molecular weight excluding hydrogens is 286 g/mol. The third kappa shape index (κ3) is 3.74. The summed E-state index contributed by atoms with van der Waals surface area (Å²) in [6.07, 6.45) is 0.263. The second-order valence-electron chi connectivity index (χ2n) is 4.41. The summed E-state index contributed by atoms with van der Waals surface area (Å²) in [6, 6.07) is 15.2. The number of nitrogens with one attached hydrogen (secondary N) is 2. The van der Waals surface area contributed by atoms with Gasteiger partial charge in [0.15, 0.2) is 0 Å². The molecule has 108 valence electrons. The van der Waals surface area contributed by atoms with E-state index in [1.54, 1.807) is 43.4 Å². The van der Waals surface area contributed by atoms with Gasteiger partial charge in [-0.3, -0.25) is 4.72 Å². The van der Waals surface area contributed by atoms with Crippen molar-refractivity contribution in [1.29, 1.82) is 5.26 Å². The van der Waals surface area contributed by atoms with Crippen LogP contribution in [0.2, 0.25) is 0 Å². The summed E-state index contributed by atoms with van der Waals surface area (Å²) >= 11 is 0. The Morgan fingerprint density at radius 3 is 2.10 bits per heavy atom. The number of rotatable bonds is 5. The molecule has 0 aliphatic carbocycles. The molecule has 0 atom stereocenters. The quantitative estimate of drug-likeness (QED) is 0.889. The molecule has 2 rings (SSSR count). The Bertz CT molecular complexity index is 745. The van der Waals surface area contributed by atoms with Crippen LogP contribution in [0.4, 0.5) is 11.4 Å². The van der Waals surface area contributed by atoms with Crippen LogP contribution in [0.25, 0.3) is 0 Å². The molecule has 6 heteroatoms. The number of sulfonamides is 1. The van der Waals surface area contributed by atoms with Crippen molar-refractivity contribution in [2.24, 2.45) is 0 Å². The smallest absolute Gasteiger partial charge is 0.261 e. The topological polar surface area (TPSA) is 82.0 Å². The average Bonchev–Trinajstić information content (AvgIpc) is 2.48. The van der Waals surface area contributed by atoms with Crippen molar-refractivity contribution in [3.63, 3.8) is 0 Å². The number of hydrogen-bond donors (Lipinski definition) is 2. The standard InChI is InChI=1S/C15H15N3O2S/c1-17-13-4-6-14(7-5-13)18-21(19,20)15-8-2-12(3-9-15)10-11-16/h2-9,17-18H,10H2,1H3. The van der Waals surface area contributed by atoms with Crippen LogP contribution in [-0.2, 0) is 16.4 Å². The van der Waals surface area contributed by atoms with Gasteiger partial charge in [0.25, 0.3) is 10.0 Å². The molecule has 2 aromatic rings. The van der Waals surface area contributed by atoms with E-state index >= 15 is 0 Å². The highest BCUT2D eigenvalue weighted by Gasteiger charge is 2.13. The molecule has 0 radical (unpaired) electrons. The highest BCUT2D eigenvalue weighted by Crippen LogP contribution is 2.18. The van der Waals surface area contributed by atoms with Gasteiger partial charge in [0.1, 0.15) is 0 Å². The normalized spacial score (nSPS) is 10.7. The van der Waals surface area contributed by atoms with Crippen LogP contribution in [0.3, 0.4) is 0 Å². The maximum atomic E-state index is 12.2. The summed E-state index contributed by atoms with van der Waals surface area (Å²) in [7, 11) is -1.82. The molecule has 2 N–H and O–H groups in total. The number of hydrogen-bond acceptors (Lipinski definition) is 4. The van der Waals surface area contributed by atoms with Crippen molar-refractivity contribution in [2.75, 3.05) is 17.1 Å². The summed E-state index contributed by atoms with van der Waals surface area (Å²) in [5.74, 6) is 0. The molecule has 0 spiro atoms. The van der Waals surface area contributed by atoms with Crippen molar-refractivity contribution in [2.45, 2.75) is 11.3 Å². The van der Waals surface area contributed by atoms with E-state index in [2.05, 4.69) is 10.0 Å². The Morgan fingerprint density at radius 1 is 1.00 bits per heavy atom. The van der Waals surface area contributed by atoms with Gasteiger partial charge in [-0.05, 0) is 42.0 Å². The minimum absolute atomic E-state index is 0.168. The zero-order valence-electron chi connectivity index (χ0n) is 11.5. The van der Waals surface area contributed by atoms with Crippen LogP contribution in [0, 0.1) is 11.3 Å². The zero-order valence-corrected chi connectivity index (χ0v) is 12.3. The fourth-order valence-electron chi connectivity index (χ4n) is 1.80. The van der Waals surface area contributed by atoms with E-state index in [0.717, 1.165) is 11.3 Å². The second kappa shape index (κ2) is 6.29. The van der Waals surface area contributed by atoms with Gasteiger partial charge in [0, 0.05) is 18.4 Å². The van der Waals surface area contributed by atoms with E-state index in [1.807, 2.05) is 6.07 Å². The van der Waals surface area contributed by atoms with Gasteiger partial charge < -0.3 is 5.32 Å². The predicted octanol–water partition coefficient (Wildman–Crippen LogP) is 2.60.